The maximum Gasteiger partial charge on any atom is 0.00641 e. The molecule has 0 saturated carbocycles. The van der Waals surface area contributed by atoms with Gasteiger partial charge in [-0.3, -0.25) is 0 Å². The first-order valence-corrected chi connectivity index (χ1v) is 6.72. The van der Waals surface area contributed by atoms with E-state index < -0.39 is 0 Å². The Morgan fingerprint density at radius 3 is 2.47 bits per heavy atom. The Kier molecular flexibility index (Phi) is 6.26. The molecule has 1 aliphatic rings. The molecule has 1 saturated heterocycles. The van der Waals surface area contributed by atoms with Crippen molar-refractivity contribution in [1.29, 1.82) is 0 Å². The second-order valence-electron chi connectivity index (χ2n) is 4.87. The predicted octanol–water partition coefficient (Wildman–Crippen LogP) is 2.50. The Bertz CT molecular complexity index is 153. The van der Waals surface area contributed by atoms with Gasteiger partial charge in [-0.05, 0) is 64.7 Å². The van der Waals surface area contributed by atoms with Crippen molar-refractivity contribution in [2.24, 2.45) is 5.92 Å². The van der Waals surface area contributed by atoms with E-state index in [1.54, 1.807) is 0 Å². The third-order valence-electron chi connectivity index (χ3n) is 3.90. The minimum absolute atomic E-state index is 0.761. The number of hydrogen-bond acceptors (Lipinski definition) is 2. The van der Waals surface area contributed by atoms with Gasteiger partial charge in [0.2, 0.25) is 0 Å². The van der Waals surface area contributed by atoms with Crippen LogP contribution < -0.4 is 5.32 Å². The summed E-state index contributed by atoms with van der Waals surface area (Å²) >= 11 is 0. The van der Waals surface area contributed by atoms with Crippen LogP contribution in [0.4, 0.5) is 0 Å². The van der Waals surface area contributed by atoms with Crippen LogP contribution in [0.3, 0.4) is 0 Å². The summed E-state index contributed by atoms with van der Waals surface area (Å²) in [5, 5.41) is 3.44. The molecule has 0 amide bonds. The lowest BCUT2D eigenvalue weighted by Gasteiger charge is -2.30. The number of nitrogens with zero attached hydrogens (tertiary/aromatic N) is 1. The first-order valence-electron chi connectivity index (χ1n) is 6.72. The molecule has 15 heavy (non-hydrogen) atoms. The van der Waals surface area contributed by atoms with Gasteiger partial charge in [0.15, 0.2) is 0 Å². The standard InChI is InChI=1S/C13H28N2/c1-4-12(3)15(5-2)11-8-13-6-9-14-10-7-13/h12-14H,4-11H2,1-3H3. The largest absolute Gasteiger partial charge is 0.317 e. The van der Waals surface area contributed by atoms with Crippen LogP contribution in [0.5, 0.6) is 0 Å². The third kappa shape index (κ3) is 4.52. The number of hydrogen-bond donors (Lipinski definition) is 1. The summed E-state index contributed by atoms with van der Waals surface area (Å²) in [5.41, 5.74) is 0. The van der Waals surface area contributed by atoms with E-state index in [1.165, 1.54) is 51.9 Å². The Balaban J connectivity index is 2.20. The summed E-state index contributed by atoms with van der Waals surface area (Å²) in [6.45, 7) is 11.9. The van der Waals surface area contributed by atoms with Crippen LogP contribution in [-0.4, -0.2) is 37.1 Å². The van der Waals surface area contributed by atoms with Crippen LogP contribution in [0.1, 0.15) is 46.5 Å². The zero-order valence-corrected chi connectivity index (χ0v) is 10.8. The van der Waals surface area contributed by atoms with Gasteiger partial charge in [0.05, 0.1) is 0 Å². The molecule has 0 aromatic heterocycles. The predicted molar refractivity (Wildman–Crippen MR) is 67.2 cm³/mol. The fraction of sp³-hybridized carbons (Fsp3) is 1.00. The average molecular weight is 212 g/mol. The van der Waals surface area contributed by atoms with Crippen molar-refractivity contribution in [3.63, 3.8) is 0 Å². The fourth-order valence-corrected chi connectivity index (χ4v) is 2.47. The first-order chi connectivity index (χ1) is 7.27. The maximum atomic E-state index is 3.44. The van der Waals surface area contributed by atoms with Gasteiger partial charge in [-0.1, -0.05) is 13.8 Å². The summed E-state index contributed by atoms with van der Waals surface area (Å²) in [4.78, 5) is 2.63. The molecule has 2 nitrogen and oxygen atoms in total. The second kappa shape index (κ2) is 7.24. The molecular weight excluding hydrogens is 184 g/mol. The van der Waals surface area contributed by atoms with E-state index in [2.05, 4.69) is 31.0 Å². The SMILES string of the molecule is CCC(C)N(CC)CCC1CCNCC1. The van der Waals surface area contributed by atoms with Crippen LogP contribution >= 0.6 is 0 Å². The normalized spacial score (nSPS) is 20.8. The van der Waals surface area contributed by atoms with E-state index in [4.69, 9.17) is 0 Å². The zero-order valence-electron chi connectivity index (χ0n) is 10.8. The average Bonchev–Trinajstić information content (AvgIpc) is 2.31. The van der Waals surface area contributed by atoms with E-state index in [9.17, 15) is 0 Å². The van der Waals surface area contributed by atoms with Gasteiger partial charge in [0, 0.05) is 6.04 Å². The topological polar surface area (TPSA) is 15.3 Å². The highest BCUT2D eigenvalue weighted by atomic mass is 15.1. The Morgan fingerprint density at radius 2 is 1.93 bits per heavy atom. The molecule has 0 radical (unpaired) electrons. The summed E-state index contributed by atoms with van der Waals surface area (Å²) < 4.78 is 0. The molecule has 1 heterocycles. The monoisotopic (exact) mass is 212 g/mol. The summed E-state index contributed by atoms with van der Waals surface area (Å²) in [5.74, 6) is 0.976. The van der Waals surface area contributed by atoms with E-state index >= 15 is 0 Å². The van der Waals surface area contributed by atoms with Gasteiger partial charge < -0.3 is 10.2 Å². The molecule has 1 aliphatic heterocycles. The highest BCUT2D eigenvalue weighted by molar-refractivity contribution is 4.72. The van der Waals surface area contributed by atoms with Crippen molar-refractivity contribution in [2.45, 2.75) is 52.5 Å². The van der Waals surface area contributed by atoms with Gasteiger partial charge in [-0.25, -0.2) is 0 Å². The van der Waals surface area contributed by atoms with Crippen LogP contribution in [0, 0.1) is 5.92 Å². The zero-order chi connectivity index (χ0) is 11.1. The van der Waals surface area contributed by atoms with E-state index in [0.29, 0.717) is 0 Å². The number of nitrogens with one attached hydrogen (secondary N) is 1. The van der Waals surface area contributed by atoms with Gasteiger partial charge in [-0.15, -0.1) is 0 Å². The molecule has 1 fully saturated rings. The van der Waals surface area contributed by atoms with Crippen molar-refractivity contribution >= 4 is 0 Å². The van der Waals surface area contributed by atoms with E-state index in [1.807, 2.05) is 0 Å². The smallest absolute Gasteiger partial charge is 0.00641 e. The molecule has 0 spiro atoms. The lowest BCUT2D eigenvalue weighted by atomic mass is 9.94. The number of rotatable bonds is 6. The van der Waals surface area contributed by atoms with Crippen molar-refractivity contribution in [1.82, 2.24) is 10.2 Å². The van der Waals surface area contributed by atoms with Crippen molar-refractivity contribution < 1.29 is 0 Å². The molecular formula is C13H28N2. The Labute approximate surface area is 95.4 Å². The third-order valence-corrected chi connectivity index (χ3v) is 3.90. The fourth-order valence-electron chi connectivity index (χ4n) is 2.47. The lowest BCUT2D eigenvalue weighted by Crippen LogP contribution is -2.35. The molecule has 90 valence electrons. The molecule has 1 N–H and O–H groups in total. The van der Waals surface area contributed by atoms with Gasteiger partial charge in [0.1, 0.15) is 0 Å². The highest BCUT2D eigenvalue weighted by Gasteiger charge is 2.15. The quantitative estimate of drug-likeness (QED) is 0.728. The van der Waals surface area contributed by atoms with Gasteiger partial charge >= 0.3 is 0 Å². The Morgan fingerprint density at radius 1 is 1.27 bits per heavy atom. The molecule has 0 bridgehead atoms. The summed E-state index contributed by atoms with van der Waals surface area (Å²) in [7, 11) is 0. The second-order valence-corrected chi connectivity index (χ2v) is 4.87. The molecule has 1 rings (SSSR count). The molecule has 0 aliphatic carbocycles. The molecule has 0 aromatic rings. The molecule has 1 atom stereocenters. The van der Waals surface area contributed by atoms with E-state index in [-0.39, 0.29) is 0 Å². The molecule has 1 unspecified atom stereocenters. The lowest BCUT2D eigenvalue weighted by molar-refractivity contribution is 0.190. The van der Waals surface area contributed by atoms with Crippen LogP contribution in [0.25, 0.3) is 0 Å². The summed E-state index contributed by atoms with van der Waals surface area (Å²) in [6.07, 6.45) is 5.45. The first kappa shape index (κ1) is 13.0. The highest BCUT2D eigenvalue weighted by Crippen LogP contribution is 2.17. The number of piperidine rings is 1. The molecule has 0 aromatic carbocycles. The minimum Gasteiger partial charge on any atom is -0.317 e. The maximum absolute atomic E-state index is 3.44. The van der Waals surface area contributed by atoms with Gasteiger partial charge in [-0.2, -0.15) is 0 Å². The van der Waals surface area contributed by atoms with Crippen molar-refractivity contribution in [3.8, 4) is 0 Å². The molecule has 2 heteroatoms. The van der Waals surface area contributed by atoms with Crippen LogP contribution in [0.2, 0.25) is 0 Å². The minimum atomic E-state index is 0.761. The van der Waals surface area contributed by atoms with Crippen molar-refractivity contribution in [3.05, 3.63) is 0 Å². The van der Waals surface area contributed by atoms with Crippen LogP contribution in [0.15, 0.2) is 0 Å². The summed E-state index contributed by atoms with van der Waals surface area (Å²) in [6, 6.07) is 0.761. The van der Waals surface area contributed by atoms with Crippen molar-refractivity contribution in [2.75, 3.05) is 26.2 Å². The van der Waals surface area contributed by atoms with Gasteiger partial charge in [0.25, 0.3) is 0 Å². The Hall–Kier alpha value is -0.0800. The van der Waals surface area contributed by atoms with E-state index in [0.717, 1.165) is 12.0 Å². The van der Waals surface area contributed by atoms with Crippen LogP contribution in [-0.2, 0) is 0 Å².